The van der Waals surface area contributed by atoms with E-state index in [1.54, 1.807) is 28.8 Å². The van der Waals surface area contributed by atoms with Crippen molar-refractivity contribution in [2.75, 3.05) is 18.8 Å². The predicted octanol–water partition coefficient (Wildman–Crippen LogP) is 3.22. The average molecular weight is 350 g/mol. The van der Waals surface area contributed by atoms with Gasteiger partial charge in [0.1, 0.15) is 6.04 Å². The normalized spacial score (nSPS) is 25.2. The largest absolute Gasteiger partial charge is 0.459 e. The van der Waals surface area contributed by atoms with E-state index in [-0.39, 0.29) is 23.2 Å². The monoisotopic (exact) mass is 350 g/mol. The summed E-state index contributed by atoms with van der Waals surface area (Å²) in [5.41, 5.74) is 0. The highest BCUT2D eigenvalue weighted by atomic mass is 32.2. The maximum atomic E-state index is 13.0. The van der Waals surface area contributed by atoms with Crippen LogP contribution in [0.15, 0.2) is 22.8 Å². The molecule has 2 aliphatic rings. The smallest absolute Gasteiger partial charge is 0.291 e. The number of carbonyl (C=O) groups excluding carboxylic acids is 2. The minimum absolute atomic E-state index is 0.0604. The van der Waals surface area contributed by atoms with Crippen molar-refractivity contribution in [2.45, 2.75) is 50.9 Å². The van der Waals surface area contributed by atoms with Crippen molar-refractivity contribution < 1.29 is 14.0 Å². The van der Waals surface area contributed by atoms with E-state index in [0.717, 1.165) is 38.8 Å². The lowest BCUT2D eigenvalue weighted by atomic mass is 9.98. The Labute approximate surface area is 147 Å². The van der Waals surface area contributed by atoms with Crippen LogP contribution in [0.1, 0.15) is 50.1 Å². The van der Waals surface area contributed by atoms with Crippen LogP contribution in [0.2, 0.25) is 0 Å². The lowest BCUT2D eigenvalue weighted by Gasteiger charge is -2.35. The first-order valence-electron chi connectivity index (χ1n) is 8.88. The van der Waals surface area contributed by atoms with Gasteiger partial charge in [-0.2, -0.15) is 0 Å². The Bertz CT molecular complexity index is 567. The van der Waals surface area contributed by atoms with Gasteiger partial charge in [-0.05, 0) is 37.3 Å². The molecule has 0 N–H and O–H groups in total. The lowest BCUT2D eigenvalue weighted by Crippen LogP contribution is -2.52. The van der Waals surface area contributed by atoms with Crippen molar-refractivity contribution in [2.24, 2.45) is 5.92 Å². The fourth-order valence-corrected chi connectivity index (χ4v) is 4.98. The van der Waals surface area contributed by atoms with Crippen LogP contribution in [0.25, 0.3) is 0 Å². The van der Waals surface area contributed by atoms with Crippen LogP contribution < -0.4 is 0 Å². The van der Waals surface area contributed by atoms with E-state index in [0.29, 0.717) is 17.4 Å². The van der Waals surface area contributed by atoms with Crippen molar-refractivity contribution in [1.29, 1.82) is 0 Å². The van der Waals surface area contributed by atoms with Crippen LogP contribution >= 0.6 is 11.8 Å². The van der Waals surface area contributed by atoms with Crippen molar-refractivity contribution >= 4 is 23.6 Å². The molecule has 132 valence electrons. The quantitative estimate of drug-likeness (QED) is 0.837. The molecule has 3 rings (SSSR count). The van der Waals surface area contributed by atoms with Gasteiger partial charge < -0.3 is 14.2 Å². The highest BCUT2D eigenvalue weighted by Crippen LogP contribution is 2.35. The third kappa shape index (κ3) is 3.48. The van der Waals surface area contributed by atoms with Crippen molar-refractivity contribution in [1.82, 2.24) is 9.80 Å². The summed E-state index contributed by atoms with van der Waals surface area (Å²) in [6.45, 7) is 5.96. The molecule has 5 nitrogen and oxygen atoms in total. The first kappa shape index (κ1) is 17.4. The zero-order valence-corrected chi connectivity index (χ0v) is 15.3. The third-order valence-corrected chi connectivity index (χ3v) is 6.33. The number of hydrogen-bond donors (Lipinski definition) is 0. The molecule has 2 saturated heterocycles. The van der Waals surface area contributed by atoms with Gasteiger partial charge in [0.05, 0.1) is 11.6 Å². The summed E-state index contributed by atoms with van der Waals surface area (Å²) in [5, 5.41) is 0.0604. The number of furan rings is 1. The number of rotatable bonds is 4. The standard InChI is InChI=1S/C18H26N2O3S/c1-3-5-16-20(18(22)15-6-4-11-23-15)14(12-24-16)17(21)19-9-7-13(2)8-10-19/h4,6,11,13-14,16H,3,5,7-10,12H2,1-2H3. The van der Waals surface area contributed by atoms with Crippen molar-refractivity contribution in [3.8, 4) is 0 Å². The van der Waals surface area contributed by atoms with Crippen molar-refractivity contribution in [3.63, 3.8) is 0 Å². The van der Waals surface area contributed by atoms with Gasteiger partial charge in [0.2, 0.25) is 5.91 Å². The molecule has 2 fully saturated rings. The number of amides is 2. The summed E-state index contributed by atoms with van der Waals surface area (Å²) in [5.74, 6) is 1.63. The Hall–Kier alpha value is -1.43. The van der Waals surface area contributed by atoms with Crippen molar-refractivity contribution in [3.05, 3.63) is 24.2 Å². The number of hydrogen-bond acceptors (Lipinski definition) is 4. The molecule has 24 heavy (non-hydrogen) atoms. The summed E-state index contributed by atoms with van der Waals surface area (Å²) in [7, 11) is 0. The van der Waals surface area contributed by atoms with Crippen LogP contribution in [-0.4, -0.2) is 51.9 Å². The van der Waals surface area contributed by atoms with Crippen LogP contribution in [0.5, 0.6) is 0 Å². The van der Waals surface area contributed by atoms with Gasteiger partial charge in [-0.15, -0.1) is 11.8 Å². The summed E-state index contributed by atoms with van der Waals surface area (Å²) in [4.78, 5) is 29.6. The van der Waals surface area contributed by atoms with Gasteiger partial charge >= 0.3 is 0 Å². The van der Waals surface area contributed by atoms with E-state index in [2.05, 4.69) is 13.8 Å². The van der Waals surface area contributed by atoms with Crippen LogP contribution in [0.4, 0.5) is 0 Å². The molecule has 0 bridgehead atoms. The molecular formula is C18H26N2O3S. The Kier molecular flexibility index (Phi) is 5.54. The number of carbonyl (C=O) groups is 2. The highest BCUT2D eigenvalue weighted by molar-refractivity contribution is 8.00. The Balaban J connectivity index is 1.77. The second kappa shape index (κ2) is 7.64. The van der Waals surface area contributed by atoms with Gasteiger partial charge in [-0.3, -0.25) is 9.59 Å². The fraction of sp³-hybridized carbons (Fsp3) is 0.667. The molecular weight excluding hydrogens is 324 g/mol. The molecule has 2 amide bonds. The van der Waals surface area contributed by atoms with E-state index in [9.17, 15) is 9.59 Å². The first-order chi connectivity index (χ1) is 11.6. The Morgan fingerprint density at radius 1 is 1.33 bits per heavy atom. The molecule has 0 spiro atoms. The lowest BCUT2D eigenvalue weighted by molar-refractivity contribution is -0.136. The topological polar surface area (TPSA) is 53.8 Å². The first-order valence-corrected chi connectivity index (χ1v) is 9.93. The minimum Gasteiger partial charge on any atom is -0.459 e. The van der Waals surface area contributed by atoms with E-state index in [4.69, 9.17) is 4.42 Å². The van der Waals surface area contributed by atoms with Gasteiger partial charge in [-0.1, -0.05) is 20.3 Å². The van der Waals surface area contributed by atoms with Crippen LogP contribution in [0, 0.1) is 5.92 Å². The summed E-state index contributed by atoms with van der Waals surface area (Å²) in [6.07, 6.45) is 5.50. The molecule has 0 aromatic carbocycles. The SMILES string of the molecule is CCCC1SCC(C(=O)N2CCC(C)CC2)N1C(=O)c1ccco1. The van der Waals surface area contributed by atoms with E-state index in [1.165, 1.54) is 6.26 Å². The molecule has 3 heterocycles. The van der Waals surface area contributed by atoms with Crippen LogP contribution in [-0.2, 0) is 4.79 Å². The minimum atomic E-state index is -0.363. The van der Waals surface area contributed by atoms with Crippen LogP contribution in [0.3, 0.4) is 0 Å². The van der Waals surface area contributed by atoms with E-state index in [1.807, 2.05) is 4.90 Å². The number of likely N-dealkylation sites (tertiary alicyclic amines) is 1. The van der Waals surface area contributed by atoms with Gasteiger partial charge in [0.15, 0.2) is 5.76 Å². The Morgan fingerprint density at radius 3 is 2.71 bits per heavy atom. The molecule has 1 aromatic rings. The van der Waals surface area contributed by atoms with E-state index < -0.39 is 0 Å². The second-order valence-corrected chi connectivity index (χ2v) is 8.00. The third-order valence-electron chi connectivity index (χ3n) is 4.97. The van der Waals surface area contributed by atoms with Gasteiger partial charge in [0, 0.05) is 18.8 Å². The maximum Gasteiger partial charge on any atom is 0.291 e. The molecule has 2 unspecified atom stereocenters. The molecule has 6 heteroatoms. The van der Waals surface area contributed by atoms with Gasteiger partial charge in [-0.25, -0.2) is 0 Å². The number of thioether (sulfide) groups is 1. The summed E-state index contributed by atoms with van der Waals surface area (Å²) < 4.78 is 5.30. The molecule has 0 radical (unpaired) electrons. The molecule has 0 aliphatic carbocycles. The highest BCUT2D eigenvalue weighted by Gasteiger charge is 2.43. The van der Waals surface area contributed by atoms with E-state index >= 15 is 0 Å². The molecule has 1 aromatic heterocycles. The summed E-state index contributed by atoms with van der Waals surface area (Å²) in [6, 6.07) is 3.03. The molecule has 0 saturated carbocycles. The number of nitrogens with zero attached hydrogens (tertiary/aromatic N) is 2. The fourth-order valence-electron chi connectivity index (χ4n) is 3.46. The number of piperidine rings is 1. The zero-order chi connectivity index (χ0) is 17.1. The maximum absolute atomic E-state index is 13.0. The summed E-state index contributed by atoms with van der Waals surface area (Å²) >= 11 is 1.72. The molecule has 2 atom stereocenters. The average Bonchev–Trinajstić information content (AvgIpc) is 3.24. The molecule has 2 aliphatic heterocycles. The van der Waals surface area contributed by atoms with Gasteiger partial charge in [0.25, 0.3) is 5.91 Å². The zero-order valence-electron chi connectivity index (χ0n) is 14.4. The second-order valence-electron chi connectivity index (χ2n) is 6.79. The Morgan fingerprint density at radius 2 is 2.08 bits per heavy atom. The predicted molar refractivity (Wildman–Crippen MR) is 94.8 cm³/mol.